The summed E-state index contributed by atoms with van der Waals surface area (Å²) in [4.78, 5) is 10.3. The maximum Gasteiger partial charge on any atom is 0.345 e. The van der Waals surface area contributed by atoms with E-state index < -0.39 is 21.8 Å². The smallest absolute Gasteiger partial charge is 0.345 e. The molecule has 108 valence electrons. The third-order valence-corrected chi connectivity index (χ3v) is 4.85. The Morgan fingerprint density at radius 3 is 2.62 bits per heavy atom. The maximum atomic E-state index is 13.6. The number of hydrogen-bond acceptors (Lipinski definition) is 5. The normalized spacial score (nSPS) is 10.9. The van der Waals surface area contributed by atoms with Crippen LogP contribution < -0.4 is 4.72 Å². The Kier molecular flexibility index (Phi) is 3.93. The Morgan fingerprint density at radius 2 is 2.10 bits per heavy atom. The van der Waals surface area contributed by atoms with Gasteiger partial charge < -0.3 is 5.11 Å². The van der Waals surface area contributed by atoms with Gasteiger partial charge in [0.2, 0.25) is 0 Å². The van der Waals surface area contributed by atoms with Crippen molar-refractivity contribution in [2.24, 2.45) is 0 Å². The number of rotatable bonds is 4. The van der Waals surface area contributed by atoms with Gasteiger partial charge in [-0.15, -0.1) is 11.3 Å². The van der Waals surface area contributed by atoms with Gasteiger partial charge in [-0.3, -0.25) is 4.72 Å². The van der Waals surface area contributed by atoms with Crippen LogP contribution in [0.2, 0.25) is 0 Å². The summed E-state index contributed by atoms with van der Waals surface area (Å²) in [6.45, 7) is 0. The molecule has 1 heterocycles. The van der Waals surface area contributed by atoms with Crippen LogP contribution in [0.4, 0.5) is 10.1 Å². The van der Waals surface area contributed by atoms with E-state index in [0.717, 1.165) is 34.9 Å². The van der Waals surface area contributed by atoms with Crippen LogP contribution in [0.5, 0.6) is 0 Å². The molecule has 2 aromatic rings. The molecule has 0 bridgehead atoms. The molecule has 0 amide bonds. The SMILES string of the molecule is N#Cc1ccc(NS(=O)(=O)c2csc(C(=O)O)c2)c(F)c1. The molecule has 0 atom stereocenters. The van der Waals surface area contributed by atoms with Gasteiger partial charge >= 0.3 is 5.97 Å². The van der Waals surface area contributed by atoms with Gasteiger partial charge in [0.05, 0.1) is 22.2 Å². The van der Waals surface area contributed by atoms with Crippen LogP contribution in [0.15, 0.2) is 34.5 Å². The summed E-state index contributed by atoms with van der Waals surface area (Å²) >= 11 is 0.750. The molecule has 0 saturated heterocycles. The van der Waals surface area contributed by atoms with E-state index in [1.165, 1.54) is 6.07 Å². The number of nitrogens with one attached hydrogen (secondary N) is 1. The molecule has 0 spiro atoms. The second-order valence-electron chi connectivity index (χ2n) is 3.86. The van der Waals surface area contributed by atoms with Crippen LogP contribution in [-0.2, 0) is 10.0 Å². The summed E-state index contributed by atoms with van der Waals surface area (Å²) in [5.74, 6) is -2.14. The van der Waals surface area contributed by atoms with Crippen molar-refractivity contribution in [1.82, 2.24) is 0 Å². The Bertz CT molecular complexity index is 852. The molecule has 0 fully saturated rings. The number of carbonyl (C=O) groups is 1. The van der Waals surface area contributed by atoms with Crippen molar-refractivity contribution < 1.29 is 22.7 Å². The number of halogens is 1. The molecule has 0 aliphatic rings. The zero-order valence-corrected chi connectivity index (χ0v) is 11.8. The fourth-order valence-electron chi connectivity index (χ4n) is 1.44. The van der Waals surface area contributed by atoms with E-state index in [9.17, 15) is 17.6 Å². The van der Waals surface area contributed by atoms with Crippen LogP contribution in [0, 0.1) is 17.1 Å². The van der Waals surface area contributed by atoms with Crippen molar-refractivity contribution in [1.29, 1.82) is 5.26 Å². The molecular weight excluding hydrogens is 319 g/mol. The topological polar surface area (TPSA) is 107 Å². The highest BCUT2D eigenvalue weighted by Gasteiger charge is 2.20. The van der Waals surface area contributed by atoms with E-state index in [1.54, 1.807) is 6.07 Å². The van der Waals surface area contributed by atoms with E-state index in [4.69, 9.17) is 10.4 Å². The average molecular weight is 326 g/mol. The quantitative estimate of drug-likeness (QED) is 0.896. The summed E-state index contributed by atoms with van der Waals surface area (Å²) in [6, 6.07) is 5.99. The minimum absolute atomic E-state index is 0.0548. The van der Waals surface area contributed by atoms with Gasteiger partial charge in [-0.25, -0.2) is 17.6 Å². The number of hydrogen-bond donors (Lipinski definition) is 2. The van der Waals surface area contributed by atoms with Crippen molar-refractivity contribution in [3.8, 4) is 6.07 Å². The lowest BCUT2D eigenvalue weighted by atomic mass is 10.2. The van der Waals surface area contributed by atoms with E-state index in [-0.39, 0.29) is 21.0 Å². The second-order valence-corrected chi connectivity index (χ2v) is 6.46. The number of carboxylic acid groups (broad SMARTS) is 1. The van der Waals surface area contributed by atoms with E-state index >= 15 is 0 Å². The molecule has 0 saturated carbocycles. The largest absolute Gasteiger partial charge is 0.477 e. The lowest BCUT2D eigenvalue weighted by molar-refractivity contribution is 0.0702. The Balaban J connectivity index is 2.33. The number of aromatic carboxylic acids is 1. The zero-order valence-electron chi connectivity index (χ0n) is 10.2. The van der Waals surface area contributed by atoms with Gasteiger partial charge in [-0.1, -0.05) is 0 Å². The van der Waals surface area contributed by atoms with E-state index in [2.05, 4.69) is 0 Å². The maximum absolute atomic E-state index is 13.6. The highest BCUT2D eigenvalue weighted by atomic mass is 32.2. The minimum atomic E-state index is -4.09. The van der Waals surface area contributed by atoms with Gasteiger partial charge in [0.25, 0.3) is 10.0 Å². The number of anilines is 1. The van der Waals surface area contributed by atoms with Crippen molar-refractivity contribution in [3.63, 3.8) is 0 Å². The van der Waals surface area contributed by atoms with Crippen LogP contribution in [-0.4, -0.2) is 19.5 Å². The molecule has 6 nitrogen and oxygen atoms in total. The first-order valence-electron chi connectivity index (χ1n) is 5.38. The number of carboxylic acids is 1. The van der Waals surface area contributed by atoms with Gasteiger partial charge in [0.15, 0.2) is 0 Å². The van der Waals surface area contributed by atoms with E-state index in [0.29, 0.717) is 0 Å². The van der Waals surface area contributed by atoms with Crippen LogP contribution in [0.25, 0.3) is 0 Å². The monoisotopic (exact) mass is 326 g/mol. The van der Waals surface area contributed by atoms with Crippen LogP contribution in [0.3, 0.4) is 0 Å². The molecule has 9 heteroatoms. The predicted molar refractivity (Wildman–Crippen MR) is 73.2 cm³/mol. The van der Waals surface area contributed by atoms with Crippen molar-refractivity contribution in [3.05, 3.63) is 45.9 Å². The van der Waals surface area contributed by atoms with Gasteiger partial charge in [0.1, 0.15) is 10.7 Å². The minimum Gasteiger partial charge on any atom is -0.477 e. The fourth-order valence-corrected chi connectivity index (χ4v) is 3.62. The average Bonchev–Trinajstić information content (AvgIpc) is 2.91. The molecule has 2 rings (SSSR count). The first kappa shape index (κ1) is 15.0. The van der Waals surface area contributed by atoms with Crippen molar-refractivity contribution >= 4 is 33.0 Å². The van der Waals surface area contributed by atoms with Gasteiger partial charge in [-0.05, 0) is 24.3 Å². The number of sulfonamides is 1. The highest BCUT2D eigenvalue weighted by molar-refractivity contribution is 7.92. The number of benzene rings is 1. The Hall–Kier alpha value is -2.44. The predicted octanol–water partition coefficient (Wildman–Crippen LogP) is 2.26. The molecule has 0 unspecified atom stereocenters. The van der Waals surface area contributed by atoms with Gasteiger partial charge in [-0.2, -0.15) is 5.26 Å². The lowest BCUT2D eigenvalue weighted by Gasteiger charge is -2.07. The highest BCUT2D eigenvalue weighted by Crippen LogP contribution is 2.23. The molecule has 1 aromatic carbocycles. The molecule has 0 aliphatic carbocycles. The molecule has 1 aromatic heterocycles. The molecule has 0 radical (unpaired) electrons. The number of thiophene rings is 1. The standard InChI is InChI=1S/C12H7FN2O4S2/c13-9-3-7(5-14)1-2-10(9)15-21(18,19)8-4-11(12(16)17)20-6-8/h1-4,6,15H,(H,16,17). The summed E-state index contributed by atoms with van der Waals surface area (Å²) in [7, 11) is -4.09. The van der Waals surface area contributed by atoms with E-state index in [1.807, 2.05) is 4.72 Å². The van der Waals surface area contributed by atoms with Crippen molar-refractivity contribution in [2.45, 2.75) is 4.90 Å². The summed E-state index contributed by atoms with van der Waals surface area (Å²) in [5, 5.41) is 18.5. The second kappa shape index (κ2) is 5.51. The third kappa shape index (κ3) is 3.18. The number of nitriles is 1. The van der Waals surface area contributed by atoms with Gasteiger partial charge in [0, 0.05) is 5.38 Å². The van der Waals surface area contributed by atoms with Crippen LogP contribution in [0.1, 0.15) is 15.2 Å². The summed E-state index contributed by atoms with van der Waals surface area (Å²) in [6.07, 6.45) is 0. The third-order valence-electron chi connectivity index (χ3n) is 2.44. The summed E-state index contributed by atoms with van der Waals surface area (Å²) < 4.78 is 39.7. The first-order chi connectivity index (χ1) is 9.83. The molecule has 2 N–H and O–H groups in total. The lowest BCUT2D eigenvalue weighted by Crippen LogP contribution is -2.13. The Morgan fingerprint density at radius 1 is 1.38 bits per heavy atom. The summed E-state index contributed by atoms with van der Waals surface area (Å²) in [5.41, 5.74) is -0.267. The molecular formula is C12H7FN2O4S2. The number of nitrogens with zero attached hydrogens (tertiary/aromatic N) is 1. The van der Waals surface area contributed by atoms with Crippen molar-refractivity contribution in [2.75, 3.05) is 4.72 Å². The Labute approximate surface area is 123 Å². The first-order valence-corrected chi connectivity index (χ1v) is 7.74. The van der Waals surface area contributed by atoms with Crippen LogP contribution >= 0.6 is 11.3 Å². The molecule has 0 aliphatic heterocycles. The molecule has 21 heavy (non-hydrogen) atoms. The zero-order chi connectivity index (χ0) is 15.6. The fraction of sp³-hybridized carbons (Fsp3) is 0.